The number of aromatic nitrogens is 2. The first kappa shape index (κ1) is 29.3. The molecule has 4 aromatic rings. The topological polar surface area (TPSA) is 66.3 Å². The zero-order valence-corrected chi connectivity index (χ0v) is 22.1. The van der Waals surface area contributed by atoms with Gasteiger partial charge in [0.25, 0.3) is 0 Å². The Kier molecular flexibility index (Phi) is 9.76. The van der Waals surface area contributed by atoms with E-state index in [0.29, 0.717) is 29.8 Å². The zero-order valence-electron chi connectivity index (χ0n) is 22.1. The number of anilines is 1. The lowest BCUT2D eigenvalue weighted by Crippen LogP contribution is -2.31. The summed E-state index contributed by atoms with van der Waals surface area (Å²) in [5.74, 6) is -7.43. The van der Waals surface area contributed by atoms with Crippen molar-refractivity contribution < 1.29 is 27.5 Å². The molecule has 0 aliphatic carbocycles. The molecule has 1 N–H and O–H groups in total. The summed E-state index contributed by atoms with van der Waals surface area (Å²) in [5, 5.41) is 9.58. The number of halogens is 4. The molecule has 204 valence electrons. The van der Waals surface area contributed by atoms with E-state index >= 15 is 0 Å². The molecule has 1 heterocycles. The van der Waals surface area contributed by atoms with Crippen LogP contribution in [0.4, 0.5) is 23.4 Å². The van der Waals surface area contributed by atoms with Crippen molar-refractivity contribution >= 4 is 11.7 Å². The molecule has 5 nitrogen and oxygen atoms in total. The number of phenols is 1. The Bertz CT molecular complexity index is 1420. The van der Waals surface area contributed by atoms with E-state index in [4.69, 9.17) is 4.98 Å². The molecule has 0 radical (unpaired) electrons. The molecule has 1 aromatic heterocycles. The van der Waals surface area contributed by atoms with E-state index in [0.717, 1.165) is 17.4 Å². The molecule has 0 atom stereocenters. The second kappa shape index (κ2) is 13.0. The minimum Gasteiger partial charge on any atom is -0.508 e. The molecule has 3 aromatic carbocycles. The summed E-state index contributed by atoms with van der Waals surface area (Å²) in [5.41, 5.74) is 1.68. The summed E-state index contributed by atoms with van der Waals surface area (Å²) in [6.45, 7) is 5.08. The monoisotopic (exact) mass is 539 g/mol. The number of nitrogens with zero attached hydrogens (tertiary/aromatic N) is 3. The Morgan fingerprint density at radius 2 is 1.49 bits per heavy atom. The van der Waals surface area contributed by atoms with E-state index in [2.05, 4.69) is 4.98 Å². The maximum atomic E-state index is 14.4. The average Bonchev–Trinajstić information content (AvgIpc) is 2.97. The van der Waals surface area contributed by atoms with E-state index in [1.165, 1.54) is 25.4 Å². The van der Waals surface area contributed by atoms with Gasteiger partial charge in [-0.1, -0.05) is 44.2 Å². The van der Waals surface area contributed by atoms with Gasteiger partial charge in [0.2, 0.25) is 5.91 Å². The fourth-order valence-corrected chi connectivity index (χ4v) is 3.93. The summed E-state index contributed by atoms with van der Waals surface area (Å²) in [7, 11) is 1.40. The first-order valence-corrected chi connectivity index (χ1v) is 12.4. The Labute approximate surface area is 224 Å². The van der Waals surface area contributed by atoms with Crippen LogP contribution in [0.1, 0.15) is 36.2 Å². The highest BCUT2D eigenvalue weighted by atomic mass is 19.2. The van der Waals surface area contributed by atoms with Gasteiger partial charge in [0.05, 0.1) is 24.0 Å². The number of hydrogen-bond donors (Lipinski definition) is 1. The molecule has 0 unspecified atom stereocenters. The Morgan fingerprint density at radius 1 is 0.872 bits per heavy atom. The number of amides is 1. The van der Waals surface area contributed by atoms with E-state index < -0.39 is 46.7 Å². The first-order valence-electron chi connectivity index (χ1n) is 12.4. The molecule has 1 amide bonds. The van der Waals surface area contributed by atoms with Crippen molar-refractivity contribution in [3.63, 3.8) is 0 Å². The highest BCUT2D eigenvalue weighted by molar-refractivity contribution is 5.94. The Morgan fingerprint density at radius 3 is 2.13 bits per heavy atom. The van der Waals surface area contributed by atoms with Gasteiger partial charge < -0.3 is 5.11 Å². The summed E-state index contributed by atoms with van der Waals surface area (Å²) < 4.78 is 55.8. The van der Waals surface area contributed by atoms with E-state index in [-0.39, 0.29) is 11.6 Å². The van der Waals surface area contributed by atoms with Crippen molar-refractivity contribution in [3.8, 4) is 17.0 Å². The number of rotatable bonds is 7. The largest absolute Gasteiger partial charge is 0.508 e. The van der Waals surface area contributed by atoms with Crippen LogP contribution in [0.15, 0.2) is 60.8 Å². The fourth-order valence-electron chi connectivity index (χ4n) is 3.93. The number of phenolic OH excluding ortho intramolecular Hbond substituents is 1. The number of aromatic hydroxyl groups is 1. The predicted octanol–water partition coefficient (Wildman–Crippen LogP) is 6.73. The number of carbonyl (C=O) groups is 1. The Hall–Kier alpha value is -4.27. The first-order chi connectivity index (χ1) is 18.7. The van der Waals surface area contributed by atoms with Crippen molar-refractivity contribution in [1.29, 1.82) is 0 Å². The van der Waals surface area contributed by atoms with Crippen LogP contribution < -0.4 is 4.90 Å². The van der Waals surface area contributed by atoms with Crippen molar-refractivity contribution in [2.75, 3.05) is 11.9 Å². The molecule has 0 fully saturated rings. The van der Waals surface area contributed by atoms with Gasteiger partial charge in [-0.3, -0.25) is 9.69 Å². The van der Waals surface area contributed by atoms with Crippen LogP contribution in [0.25, 0.3) is 11.3 Å². The van der Waals surface area contributed by atoms with Crippen molar-refractivity contribution in [3.05, 3.63) is 106 Å². The van der Waals surface area contributed by atoms with Crippen LogP contribution >= 0.6 is 0 Å². The standard InChI is InChI=1S/C28H23F4N3O2.C2H6/c1-16-20(25(30)27(32)26(31)24(16)29)14-23(37)35(2)28-21(13-8-17-6-4-3-5-7-17)34-22(15-33-28)18-9-11-19(36)12-10-18;1-2/h3-7,9-12,15,36H,8,13-14H2,1-2H3;1-2H3. The minimum absolute atomic E-state index is 0.0964. The molecule has 4 rings (SSSR count). The van der Waals surface area contributed by atoms with Gasteiger partial charge in [0, 0.05) is 18.2 Å². The van der Waals surface area contributed by atoms with Crippen molar-refractivity contribution in [2.45, 2.75) is 40.0 Å². The van der Waals surface area contributed by atoms with Crippen LogP contribution in [-0.2, 0) is 24.1 Å². The van der Waals surface area contributed by atoms with Crippen LogP contribution in [0.5, 0.6) is 5.75 Å². The van der Waals surface area contributed by atoms with Crippen molar-refractivity contribution in [1.82, 2.24) is 9.97 Å². The van der Waals surface area contributed by atoms with Gasteiger partial charge in [-0.25, -0.2) is 27.5 Å². The van der Waals surface area contributed by atoms with Crippen LogP contribution in [-0.4, -0.2) is 28.0 Å². The van der Waals surface area contributed by atoms with Crippen LogP contribution in [0.3, 0.4) is 0 Å². The summed E-state index contributed by atoms with van der Waals surface area (Å²) in [4.78, 5) is 23.3. The highest BCUT2D eigenvalue weighted by Crippen LogP contribution is 2.27. The molecule has 9 heteroatoms. The minimum atomic E-state index is -1.96. The van der Waals surface area contributed by atoms with Crippen molar-refractivity contribution in [2.24, 2.45) is 0 Å². The van der Waals surface area contributed by atoms with Gasteiger partial charge >= 0.3 is 0 Å². The number of hydrogen-bond acceptors (Lipinski definition) is 4. The molecule has 39 heavy (non-hydrogen) atoms. The van der Waals surface area contributed by atoms with E-state index in [9.17, 15) is 27.5 Å². The third kappa shape index (κ3) is 6.60. The molecule has 0 aliphatic rings. The lowest BCUT2D eigenvalue weighted by Gasteiger charge is -2.21. The van der Waals surface area contributed by atoms with Crippen LogP contribution in [0.2, 0.25) is 0 Å². The lowest BCUT2D eigenvalue weighted by atomic mass is 10.0. The van der Waals surface area contributed by atoms with E-state index in [1.54, 1.807) is 12.1 Å². The van der Waals surface area contributed by atoms with Gasteiger partial charge in [-0.15, -0.1) is 0 Å². The summed E-state index contributed by atoms with van der Waals surface area (Å²) in [6, 6.07) is 16.0. The van der Waals surface area contributed by atoms with Gasteiger partial charge in [-0.2, -0.15) is 0 Å². The smallest absolute Gasteiger partial charge is 0.232 e. The molecule has 0 bridgehead atoms. The molecule has 0 saturated heterocycles. The Balaban J connectivity index is 0.00000205. The molecular formula is C30H29F4N3O2. The van der Waals surface area contributed by atoms with Gasteiger partial charge in [0.15, 0.2) is 29.1 Å². The summed E-state index contributed by atoms with van der Waals surface area (Å²) >= 11 is 0. The number of carbonyl (C=O) groups excluding carboxylic acids is 1. The molecule has 0 spiro atoms. The zero-order chi connectivity index (χ0) is 28.7. The predicted molar refractivity (Wildman–Crippen MR) is 142 cm³/mol. The SMILES string of the molecule is CC.Cc1c(F)c(F)c(F)c(F)c1CC(=O)N(C)c1ncc(-c2ccc(O)cc2)nc1CCc1ccccc1. The second-order valence-electron chi connectivity index (χ2n) is 8.55. The number of benzene rings is 3. The van der Waals surface area contributed by atoms with E-state index in [1.807, 2.05) is 44.2 Å². The van der Waals surface area contributed by atoms with Crippen LogP contribution in [0, 0.1) is 30.2 Å². The summed E-state index contributed by atoms with van der Waals surface area (Å²) in [6.07, 6.45) is 1.75. The van der Waals surface area contributed by atoms with Gasteiger partial charge in [-0.05, 0) is 55.2 Å². The fraction of sp³-hybridized carbons (Fsp3) is 0.233. The highest BCUT2D eigenvalue weighted by Gasteiger charge is 2.26. The quantitative estimate of drug-likeness (QED) is 0.161. The lowest BCUT2D eigenvalue weighted by molar-refractivity contribution is -0.117. The van der Waals surface area contributed by atoms with Gasteiger partial charge in [0.1, 0.15) is 5.75 Å². The normalized spacial score (nSPS) is 10.6. The molecule has 0 saturated carbocycles. The average molecular weight is 540 g/mol. The molecular weight excluding hydrogens is 510 g/mol. The third-order valence-electron chi connectivity index (χ3n) is 6.12. The maximum Gasteiger partial charge on any atom is 0.232 e. The number of likely N-dealkylation sites (N-methyl/N-ethyl adjacent to an activating group) is 1. The molecule has 0 aliphatic heterocycles. The maximum absolute atomic E-state index is 14.4. The third-order valence-corrected chi connectivity index (χ3v) is 6.12. The second-order valence-corrected chi connectivity index (χ2v) is 8.55. The number of aryl methyl sites for hydroxylation is 2.